The van der Waals surface area contributed by atoms with E-state index >= 15 is 0 Å². The molecule has 0 bridgehead atoms. The normalized spacial score (nSPS) is 22.9. The van der Waals surface area contributed by atoms with Gasteiger partial charge in [0.05, 0.1) is 22.5 Å². The van der Waals surface area contributed by atoms with Gasteiger partial charge in [0, 0.05) is 0 Å². The summed E-state index contributed by atoms with van der Waals surface area (Å²) in [6.07, 6.45) is 10.4. The van der Waals surface area contributed by atoms with Crippen molar-refractivity contribution in [3.05, 3.63) is 12.2 Å². The fraction of sp³-hybridized carbons (Fsp3) is 0.920. The molecule has 2 heterocycles. The average Bonchev–Trinajstić information content (AvgIpc) is 2.67. The molecule has 0 radical (unpaired) electrons. The molecule has 32 heavy (non-hydrogen) atoms. The standard InChI is InChI=1S/C25H50OS4Si2/c1-23(2,3)31(7,8)25(29-18-13-19-30-25)15-11-14-21(20-22-27-16-12-17-28-22)26-32(9,10)24(4,5)6/h11,14,21-22H,12-13,15-20H2,1-10H3/b14-11+/t21-/m0/s1. The maximum Gasteiger partial charge on any atom is 0.192 e. The number of hydrogen-bond acceptors (Lipinski definition) is 5. The number of hydrogen-bond donors (Lipinski definition) is 0. The molecule has 0 aliphatic carbocycles. The third-order valence-electron chi connectivity index (χ3n) is 8.10. The van der Waals surface area contributed by atoms with Crippen molar-refractivity contribution in [1.29, 1.82) is 0 Å². The highest BCUT2D eigenvalue weighted by Crippen LogP contribution is 2.58. The number of thioether (sulfide) groups is 4. The van der Waals surface area contributed by atoms with Gasteiger partial charge in [-0.05, 0) is 71.9 Å². The summed E-state index contributed by atoms with van der Waals surface area (Å²) in [5.41, 5.74) is 0. The first-order valence-electron chi connectivity index (χ1n) is 12.5. The molecule has 2 fully saturated rings. The molecule has 7 heteroatoms. The van der Waals surface area contributed by atoms with Crippen LogP contribution in [0.3, 0.4) is 0 Å². The molecule has 0 unspecified atom stereocenters. The van der Waals surface area contributed by atoms with Crippen molar-refractivity contribution in [3.8, 4) is 0 Å². The van der Waals surface area contributed by atoms with Crippen LogP contribution in [0.25, 0.3) is 0 Å². The fourth-order valence-corrected chi connectivity index (χ4v) is 17.9. The van der Waals surface area contributed by atoms with E-state index in [0.717, 1.165) is 6.42 Å². The Morgan fingerprint density at radius 3 is 1.91 bits per heavy atom. The lowest BCUT2D eigenvalue weighted by atomic mass is 10.2. The molecule has 188 valence electrons. The zero-order valence-corrected chi connectivity index (χ0v) is 27.8. The summed E-state index contributed by atoms with van der Waals surface area (Å²) >= 11 is 8.88. The second-order valence-corrected chi connectivity index (χ2v) is 29.5. The Morgan fingerprint density at radius 2 is 1.41 bits per heavy atom. The van der Waals surface area contributed by atoms with E-state index in [0.29, 0.717) is 13.3 Å². The molecule has 1 nitrogen and oxygen atoms in total. The van der Waals surface area contributed by atoms with Gasteiger partial charge in [-0.3, -0.25) is 0 Å². The van der Waals surface area contributed by atoms with Gasteiger partial charge in [0.25, 0.3) is 0 Å². The predicted molar refractivity (Wildman–Crippen MR) is 163 cm³/mol. The quantitative estimate of drug-likeness (QED) is 0.219. The Bertz CT molecular complexity index is 610. The topological polar surface area (TPSA) is 9.23 Å². The van der Waals surface area contributed by atoms with Crippen LogP contribution in [0, 0.1) is 0 Å². The lowest BCUT2D eigenvalue weighted by Crippen LogP contribution is -2.56. The van der Waals surface area contributed by atoms with Crippen LogP contribution in [0.15, 0.2) is 12.2 Å². The van der Waals surface area contributed by atoms with E-state index in [1.807, 2.05) is 0 Å². The molecular formula is C25H50OS4Si2. The number of rotatable bonds is 8. The maximum absolute atomic E-state index is 7.00. The molecule has 1 atom stereocenters. The maximum atomic E-state index is 7.00. The summed E-state index contributed by atoms with van der Waals surface area (Å²) < 4.78 is 8.08. The molecule has 0 aromatic carbocycles. The first kappa shape index (κ1) is 29.8. The fourth-order valence-electron chi connectivity index (χ4n) is 3.84. The van der Waals surface area contributed by atoms with Gasteiger partial charge in [0.2, 0.25) is 0 Å². The molecule has 0 N–H and O–H groups in total. The van der Waals surface area contributed by atoms with Crippen molar-refractivity contribution in [1.82, 2.24) is 0 Å². The van der Waals surface area contributed by atoms with E-state index in [4.69, 9.17) is 4.43 Å². The largest absolute Gasteiger partial charge is 0.410 e. The lowest BCUT2D eigenvalue weighted by molar-refractivity contribution is 0.220. The lowest BCUT2D eigenvalue weighted by Gasteiger charge is -2.53. The van der Waals surface area contributed by atoms with Gasteiger partial charge in [-0.1, -0.05) is 66.8 Å². The van der Waals surface area contributed by atoms with Crippen LogP contribution in [-0.4, -0.2) is 53.8 Å². The third-order valence-corrected chi connectivity index (χ3v) is 28.3. The van der Waals surface area contributed by atoms with Crippen LogP contribution >= 0.6 is 47.0 Å². The van der Waals surface area contributed by atoms with E-state index in [1.54, 1.807) is 0 Å². The molecule has 2 saturated heterocycles. The molecule has 2 aliphatic heterocycles. The minimum atomic E-state index is -1.80. The molecule has 0 aromatic heterocycles. The van der Waals surface area contributed by atoms with E-state index in [2.05, 4.69) is 127 Å². The van der Waals surface area contributed by atoms with E-state index in [-0.39, 0.29) is 11.1 Å². The van der Waals surface area contributed by atoms with Gasteiger partial charge in [-0.2, -0.15) is 0 Å². The molecule has 0 amide bonds. The van der Waals surface area contributed by atoms with Crippen LogP contribution in [0.4, 0.5) is 0 Å². The van der Waals surface area contributed by atoms with Crippen LogP contribution < -0.4 is 0 Å². The Kier molecular flexibility index (Phi) is 10.9. The highest BCUT2D eigenvalue weighted by Gasteiger charge is 2.54. The molecule has 0 saturated carbocycles. The SMILES string of the molecule is CC(C)(C)[Si](C)(C)O[C@@H](/C=C/CC1([Si](C)(C)C(C)(C)C)SCCCS1)CC1SCCCS1. The van der Waals surface area contributed by atoms with Gasteiger partial charge in [-0.15, -0.1) is 47.0 Å². The van der Waals surface area contributed by atoms with Gasteiger partial charge in [0.15, 0.2) is 8.32 Å². The van der Waals surface area contributed by atoms with Crippen LogP contribution in [0.1, 0.15) is 67.2 Å². The molecule has 0 aromatic rings. The summed E-state index contributed by atoms with van der Waals surface area (Å²) in [6.45, 7) is 24.7. The van der Waals surface area contributed by atoms with Crippen LogP contribution in [0.5, 0.6) is 0 Å². The first-order valence-corrected chi connectivity index (χ1v) is 22.4. The molecule has 0 spiro atoms. The van der Waals surface area contributed by atoms with E-state index in [1.165, 1.54) is 42.3 Å². The second-order valence-electron chi connectivity index (χ2n) is 12.5. The molecule has 2 rings (SSSR count). The van der Waals surface area contributed by atoms with Crippen molar-refractivity contribution in [2.24, 2.45) is 0 Å². The van der Waals surface area contributed by atoms with Crippen molar-refractivity contribution < 1.29 is 4.43 Å². The van der Waals surface area contributed by atoms with Crippen molar-refractivity contribution in [2.75, 3.05) is 23.0 Å². The third kappa shape index (κ3) is 7.52. The van der Waals surface area contributed by atoms with Crippen molar-refractivity contribution in [3.63, 3.8) is 0 Å². The molecule has 2 aliphatic rings. The van der Waals surface area contributed by atoms with Gasteiger partial charge in [0.1, 0.15) is 0 Å². The zero-order valence-electron chi connectivity index (χ0n) is 22.5. The Hall–Kier alpha value is 1.53. The second kappa shape index (κ2) is 11.7. The zero-order chi connectivity index (χ0) is 24.3. The van der Waals surface area contributed by atoms with Gasteiger partial charge >= 0.3 is 0 Å². The summed E-state index contributed by atoms with van der Waals surface area (Å²) in [6, 6.07) is 0. The monoisotopic (exact) mass is 550 g/mol. The Balaban J connectivity index is 2.22. The highest BCUT2D eigenvalue weighted by molar-refractivity contribution is 8.21. The van der Waals surface area contributed by atoms with E-state index in [9.17, 15) is 0 Å². The summed E-state index contributed by atoms with van der Waals surface area (Å²) in [5, 5.41) is 0.661. The minimum absolute atomic E-state index is 0.253. The van der Waals surface area contributed by atoms with E-state index < -0.39 is 16.4 Å². The smallest absolute Gasteiger partial charge is 0.192 e. The Morgan fingerprint density at radius 1 is 0.875 bits per heavy atom. The highest BCUT2D eigenvalue weighted by atomic mass is 32.2. The van der Waals surface area contributed by atoms with Crippen LogP contribution in [0.2, 0.25) is 36.3 Å². The van der Waals surface area contributed by atoms with Crippen LogP contribution in [-0.2, 0) is 4.43 Å². The average molecular weight is 551 g/mol. The molecular weight excluding hydrogens is 501 g/mol. The summed E-state index contributed by atoms with van der Waals surface area (Å²) in [4.78, 5) is 0. The van der Waals surface area contributed by atoms with Gasteiger partial charge < -0.3 is 4.43 Å². The van der Waals surface area contributed by atoms with Crippen molar-refractivity contribution >= 4 is 63.4 Å². The van der Waals surface area contributed by atoms with Crippen molar-refractivity contribution in [2.45, 2.75) is 118 Å². The predicted octanol–water partition coefficient (Wildman–Crippen LogP) is 9.52. The minimum Gasteiger partial charge on any atom is -0.410 e. The first-order chi connectivity index (χ1) is 14.6. The number of allylic oxidation sites excluding steroid dienone is 1. The summed E-state index contributed by atoms with van der Waals surface area (Å²) in [7, 11) is -3.31. The summed E-state index contributed by atoms with van der Waals surface area (Å²) in [5.74, 6) is 5.28. The van der Waals surface area contributed by atoms with Gasteiger partial charge in [-0.25, -0.2) is 0 Å². The Labute approximate surface area is 219 Å².